The van der Waals surface area contributed by atoms with Gasteiger partial charge in [-0.05, 0) is 30.3 Å². The van der Waals surface area contributed by atoms with E-state index in [1.807, 2.05) is 24.3 Å². The average Bonchev–Trinajstić information content (AvgIpc) is 3.09. The van der Waals surface area contributed by atoms with E-state index >= 15 is 0 Å². The number of benzene rings is 2. The highest BCUT2D eigenvalue weighted by Crippen LogP contribution is 2.28. The van der Waals surface area contributed by atoms with E-state index in [4.69, 9.17) is 16.3 Å². The standard InChI is InChI=1S/C17H14BrClN4O2S/c1-25-14-6-5-12(19)8-13(14)20-15(24)9-26-17-21-16(22-23-17)10-3-2-4-11(18)7-10/h2-8H,9H2,1H3,(H,20,24)(H,21,22,23). The summed E-state index contributed by atoms with van der Waals surface area (Å²) >= 11 is 10.6. The fraction of sp³-hybridized carbons (Fsp3) is 0.118. The average molecular weight is 454 g/mol. The van der Waals surface area contributed by atoms with Gasteiger partial charge in [0.1, 0.15) is 5.75 Å². The second-order valence-corrected chi connectivity index (χ2v) is 7.45. The Labute approximate surface area is 167 Å². The summed E-state index contributed by atoms with van der Waals surface area (Å²) in [6.07, 6.45) is 0. The molecule has 1 aromatic heterocycles. The zero-order valence-corrected chi connectivity index (χ0v) is 16.8. The van der Waals surface area contributed by atoms with Crippen LogP contribution in [0.25, 0.3) is 11.4 Å². The van der Waals surface area contributed by atoms with Crippen LogP contribution in [0.2, 0.25) is 5.02 Å². The van der Waals surface area contributed by atoms with Crippen LogP contribution in [-0.4, -0.2) is 34.0 Å². The van der Waals surface area contributed by atoms with Gasteiger partial charge in [0.2, 0.25) is 11.1 Å². The molecule has 0 fully saturated rings. The molecule has 1 amide bonds. The number of carbonyl (C=O) groups excluding carboxylic acids is 1. The molecule has 0 saturated heterocycles. The minimum atomic E-state index is -0.204. The molecular weight excluding hydrogens is 440 g/mol. The largest absolute Gasteiger partial charge is 0.495 e. The summed E-state index contributed by atoms with van der Waals surface area (Å²) in [6.45, 7) is 0. The molecule has 0 spiro atoms. The normalized spacial score (nSPS) is 10.6. The molecule has 0 radical (unpaired) electrons. The Kier molecular flexibility index (Phi) is 6.18. The summed E-state index contributed by atoms with van der Waals surface area (Å²) in [5.74, 6) is 1.14. The van der Waals surface area contributed by atoms with Crippen molar-refractivity contribution in [1.82, 2.24) is 15.2 Å². The molecule has 0 saturated carbocycles. The molecule has 6 nitrogen and oxygen atoms in total. The summed E-state index contributed by atoms with van der Waals surface area (Å²) < 4.78 is 6.17. The van der Waals surface area contributed by atoms with Crippen LogP contribution in [0.3, 0.4) is 0 Å². The Morgan fingerprint density at radius 3 is 2.96 bits per heavy atom. The molecule has 26 heavy (non-hydrogen) atoms. The number of thioether (sulfide) groups is 1. The first kappa shape index (κ1) is 18.8. The van der Waals surface area contributed by atoms with Gasteiger partial charge in [-0.2, -0.15) is 0 Å². The van der Waals surface area contributed by atoms with Gasteiger partial charge in [-0.1, -0.05) is 51.4 Å². The molecular formula is C17H14BrClN4O2S. The van der Waals surface area contributed by atoms with E-state index in [9.17, 15) is 4.79 Å². The van der Waals surface area contributed by atoms with E-state index in [2.05, 4.69) is 36.4 Å². The highest BCUT2D eigenvalue weighted by atomic mass is 79.9. The lowest BCUT2D eigenvalue weighted by atomic mass is 10.2. The SMILES string of the molecule is COc1ccc(Cl)cc1NC(=O)CSc1n[nH]c(-c2cccc(Br)c2)n1. The first-order valence-electron chi connectivity index (χ1n) is 7.49. The number of H-pyrrole nitrogens is 1. The predicted octanol–water partition coefficient (Wildman–Crippen LogP) is 4.63. The Hall–Kier alpha value is -2.03. The highest BCUT2D eigenvalue weighted by Gasteiger charge is 2.12. The molecule has 9 heteroatoms. The summed E-state index contributed by atoms with van der Waals surface area (Å²) in [5, 5.41) is 10.8. The molecule has 2 aromatic carbocycles. The van der Waals surface area contributed by atoms with E-state index in [1.54, 1.807) is 18.2 Å². The van der Waals surface area contributed by atoms with Crippen LogP contribution in [0, 0.1) is 0 Å². The van der Waals surface area contributed by atoms with Crippen LogP contribution < -0.4 is 10.1 Å². The van der Waals surface area contributed by atoms with Crippen molar-refractivity contribution < 1.29 is 9.53 Å². The number of hydrogen-bond donors (Lipinski definition) is 2. The number of aromatic nitrogens is 3. The molecule has 3 aromatic rings. The number of amides is 1. The van der Waals surface area contributed by atoms with Crippen LogP contribution in [0.1, 0.15) is 0 Å². The second-order valence-electron chi connectivity index (χ2n) is 5.16. The third-order valence-corrected chi connectivity index (χ3v) is 4.91. The Bertz CT molecular complexity index is 935. The van der Waals surface area contributed by atoms with Gasteiger partial charge in [0.25, 0.3) is 0 Å². The van der Waals surface area contributed by atoms with Crippen molar-refractivity contribution in [3.8, 4) is 17.1 Å². The van der Waals surface area contributed by atoms with Crippen LogP contribution >= 0.6 is 39.3 Å². The van der Waals surface area contributed by atoms with Gasteiger partial charge in [0.05, 0.1) is 18.6 Å². The molecule has 0 bridgehead atoms. The minimum absolute atomic E-state index is 0.158. The number of hydrogen-bond acceptors (Lipinski definition) is 5. The van der Waals surface area contributed by atoms with Crippen LogP contribution in [0.4, 0.5) is 5.69 Å². The number of ether oxygens (including phenoxy) is 1. The zero-order valence-electron chi connectivity index (χ0n) is 13.6. The Morgan fingerprint density at radius 2 is 2.19 bits per heavy atom. The lowest BCUT2D eigenvalue weighted by Gasteiger charge is -2.09. The van der Waals surface area contributed by atoms with Crippen molar-refractivity contribution in [3.63, 3.8) is 0 Å². The van der Waals surface area contributed by atoms with Crippen LogP contribution in [0.5, 0.6) is 5.75 Å². The number of methoxy groups -OCH3 is 1. The summed E-state index contributed by atoms with van der Waals surface area (Å²) in [6, 6.07) is 12.8. The molecule has 1 heterocycles. The summed E-state index contributed by atoms with van der Waals surface area (Å²) in [5.41, 5.74) is 1.43. The molecule has 0 unspecified atom stereocenters. The van der Waals surface area contributed by atoms with Gasteiger partial charge < -0.3 is 10.1 Å². The first-order valence-corrected chi connectivity index (χ1v) is 9.65. The van der Waals surface area contributed by atoms with E-state index < -0.39 is 0 Å². The van der Waals surface area contributed by atoms with Gasteiger partial charge >= 0.3 is 0 Å². The van der Waals surface area contributed by atoms with Crippen molar-refractivity contribution in [3.05, 3.63) is 52.0 Å². The van der Waals surface area contributed by atoms with E-state index in [0.29, 0.717) is 27.4 Å². The van der Waals surface area contributed by atoms with Crippen molar-refractivity contribution in [1.29, 1.82) is 0 Å². The quantitative estimate of drug-likeness (QED) is 0.532. The summed E-state index contributed by atoms with van der Waals surface area (Å²) in [7, 11) is 1.53. The lowest BCUT2D eigenvalue weighted by molar-refractivity contribution is -0.113. The Morgan fingerprint density at radius 1 is 1.35 bits per heavy atom. The maximum atomic E-state index is 12.2. The van der Waals surface area contributed by atoms with E-state index in [1.165, 1.54) is 18.9 Å². The summed E-state index contributed by atoms with van der Waals surface area (Å²) in [4.78, 5) is 16.6. The van der Waals surface area contributed by atoms with E-state index in [-0.39, 0.29) is 11.7 Å². The Balaban J connectivity index is 1.61. The van der Waals surface area contributed by atoms with Gasteiger partial charge in [-0.25, -0.2) is 4.98 Å². The maximum Gasteiger partial charge on any atom is 0.234 e. The number of carbonyl (C=O) groups is 1. The fourth-order valence-electron chi connectivity index (χ4n) is 2.17. The topological polar surface area (TPSA) is 79.9 Å². The van der Waals surface area contributed by atoms with Crippen molar-refractivity contribution >= 4 is 50.9 Å². The molecule has 2 N–H and O–H groups in total. The minimum Gasteiger partial charge on any atom is -0.495 e. The monoisotopic (exact) mass is 452 g/mol. The first-order chi connectivity index (χ1) is 12.5. The van der Waals surface area contributed by atoms with Crippen LogP contribution in [0.15, 0.2) is 52.1 Å². The smallest absolute Gasteiger partial charge is 0.234 e. The number of nitrogens with zero attached hydrogens (tertiary/aromatic N) is 2. The van der Waals surface area contributed by atoms with Crippen molar-refractivity contribution in [2.75, 3.05) is 18.2 Å². The molecule has 134 valence electrons. The lowest BCUT2D eigenvalue weighted by Crippen LogP contribution is -2.14. The molecule has 0 aliphatic heterocycles. The zero-order chi connectivity index (χ0) is 18.5. The van der Waals surface area contributed by atoms with Crippen molar-refractivity contribution in [2.24, 2.45) is 0 Å². The van der Waals surface area contributed by atoms with Crippen LogP contribution in [-0.2, 0) is 4.79 Å². The van der Waals surface area contributed by atoms with E-state index in [0.717, 1.165) is 10.0 Å². The highest BCUT2D eigenvalue weighted by molar-refractivity contribution is 9.10. The number of halogens is 2. The number of anilines is 1. The number of nitrogens with one attached hydrogen (secondary N) is 2. The number of rotatable bonds is 6. The third kappa shape index (κ3) is 4.78. The molecule has 0 aliphatic rings. The van der Waals surface area contributed by atoms with Crippen molar-refractivity contribution in [2.45, 2.75) is 5.16 Å². The maximum absolute atomic E-state index is 12.2. The molecule has 0 aliphatic carbocycles. The van der Waals surface area contributed by atoms with Gasteiger partial charge in [0.15, 0.2) is 5.82 Å². The number of aromatic amines is 1. The molecule has 3 rings (SSSR count). The van der Waals surface area contributed by atoms with Gasteiger partial charge in [-0.3, -0.25) is 9.89 Å². The third-order valence-electron chi connectivity index (χ3n) is 3.33. The fourth-order valence-corrected chi connectivity index (χ4v) is 3.34. The predicted molar refractivity (Wildman–Crippen MR) is 107 cm³/mol. The molecule has 0 atom stereocenters. The van der Waals surface area contributed by atoms with Gasteiger partial charge in [-0.15, -0.1) is 5.10 Å². The van der Waals surface area contributed by atoms with Gasteiger partial charge in [0, 0.05) is 15.1 Å². The second kappa shape index (κ2) is 8.57.